The molecule has 3 aromatic rings. The molecule has 2 aliphatic heterocycles. The van der Waals surface area contributed by atoms with E-state index in [1.54, 1.807) is 11.3 Å². The van der Waals surface area contributed by atoms with E-state index in [0.717, 1.165) is 53.4 Å². The molecule has 0 atom stereocenters. The van der Waals surface area contributed by atoms with E-state index in [0.29, 0.717) is 0 Å². The van der Waals surface area contributed by atoms with Crippen LogP contribution in [0.4, 0.5) is 5.13 Å². The fourth-order valence-electron chi connectivity index (χ4n) is 4.41. The number of nitrogens with zero attached hydrogens (tertiary/aromatic N) is 6. The quantitative estimate of drug-likeness (QED) is 0.660. The summed E-state index contributed by atoms with van der Waals surface area (Å²) in [6.07, 6.45) is 4.75. The highest BCUT2D eigenvalue weighted by molar-refractivity contribution is 7.20. The molecule has 5 rings (SSSR count). The van der Waals surface area contributed by atoms with Gasteiger partial charge in [0.2, 0.25) is 10.1 Å². The number of aromatic nitrogens is 3. The van der Waals surface area contributed by atoms with E-state index >= 15 is 0 Å². The number of rotatable bonds is 4. The van der Waals surface area contributed by atoms with Crippen LogP contribution in [0.1, 0.15) is 18.4 Å². The first-order chi connectivity index (χ1) is 14.1. The molecule has 0 bridgehead atoms. The Hall–Kier alpha value is -1.96. The maximum absolute atomic E-state index is 4.82. The summed E-state index contributed by atoms with van der Waals surface area (Å²) in [6, 6.07) is 8.53. The van der Waals surface area contributed by atoms with E-state index in [1.807, 2.05) is 4.52 Å². The van der Waals surface area contributed by atoms with Crippen LogP contribution in [0.15, 0.2) is 30.5 Å². The Morgan fingerprint density at radius 1 is 1.00 bits per heavy atom. The van der Waals surface area contributed by atoms with Crippen molar-refractivity contribution in [3.05, 3.63) is 36.0 Å². The number of piperazine rings is 1. The van der Waals surface area contributed by atoms with Crippen molar-refractivity contribution in [1.82, 2.24) is 24.4 Å². The van der Waals surface area contributed by atoms with Crippen molar-refractivity contribution in [2.24, 2.45) is 5.92 Å². The summed E-state index contributed by atoms with van der Waals surface area (Å²) >= 11 is 1.70. The highest BCUT2D eigenvalue weighted by Crippen LogP contribution is 2.28. The standard InChI is InChI=1S/C22H30N6S/c1-17-3-5-19(6-4-17)20-16-28-21(23-20)29-22(24-28)27-13-11-26(12-14-27)15-18-7-9-25(2)10-8-18/h3-6,16,18H,7-15H2,1-2H3. The summed E-state index contributed by atoms with van der Waals surface area (Å²) in [5.74, 6) is 0.876. The van der Waals surface area contributed by atoms with Gasteiger partial charge in [-0.1, -0.05) is 41.2 Å². The van der Waals surface area contributed by atoms with Crippen molar-refractivity contribution in [3.8, 4) is 11.3 Å². The first kappa shape index (κ1) is 19.0. The van der Waals surface area contributed by atoms with Gasteiger partial charge in [-0.3, -0.25) is 4.90 Å². The second-order valence-corrected chi connectivity index (χ2v) is 9.57. The second-order valence-electron chi connectivity index (χ2n) is 8.64. The van der Waals surface area contributed by atoms with Gasteiger partial charge in [0, 0.05) is 38.3 Å². The first-order valence-corrected chi connectivity index (χ1v) is 11.5. The lowest BCUT2D eigenvalue weighted by molar-refractivity contribution is 0.155. The molecule has 0 amide bonds. The Bertz CT molecular complexity index is 914. The molecule has 0 spiro atoms. The average molecular weight is 411 g/mol. The first-order valence-electron chi connectivity index (χ1n) is 10.7. The van der Waals surface area contributed by atoms with Crippen molar-refractivity contribution in [2.75, 3.05) is 57.8 Å². The molecule has 0 N–H and O–H groups in total. The number of fused-ring (bicyclic) bond motifs is 1. The molecular weight excluding hydrogens is 380 g/mol. The summed E-state index contributed by atoms with van der Waals surface area (Å²) in [5, 5.41) is 5.92. The average Bonchev–Trinajstić information content (AvgIpc) is 3.30. The van der Waals surface area contributed by atoms with Gasteiger partial charge < -0.3 is 9.80 Å². The highest BCUT2D eigenvalue weighted by atomic mass is 32.1. The Balaban J connectivity index is 1.20. The molecule has 0 saturated carbocycles. The zero-order valence-corrected chi connectivity index (χ0v) is 18.2. The molecule has 2 saturated heterocycles. The molecule has 2 fully saturated rings. The molecule has 29 heavy (non-hydrogen) atoms. The number of aryl methyl sites for hydroxylation is 1. The number of piperidine rings is 1. The molecule has 154 valence electrons. The third-order valence-corrected chi connectivity index (χ3v) is 7.36. The van der Waals surface area contributed by atoms with Crippen LogP contribution in [-0.4, -0.2) is 77.3 Å². The monoisotopic (exact) mass is 410 g/mol. The largest absolute Gasteiger partial charge is 0.344 e. The number of likely N-dealkylation sites (tertiary alicyclic amines) is 1. The zero-order chi connectivity index (χ0) is 19.8. The molecule has 0 unspecified atom stereocenters. The minimum Gasteiger partial charge on any atom is -0.344 e. The third-order valence-electron chi connectivity index (χ3n) is 6.38. The molecule has 1 aromatic carbocycles. The Morgan fingerprint density at radius 2 is 1.72 bits per heavy atom. The smallest absolute Gasteiger partial charge is 0.214 e. The number of benzene rings is 1. The SMILES string of the molecule is Cc1ccc(-c2cn3nc(N4CCN(CC5CCN(C)CC5)CC4)sc3n2)cc1. The number of anilines is 1. The van der Waals surface area contributed by atoms with Gasteiger partial charge in [-0.2, -0.15) is 0 Å². The lowest BCUT2D eigenvalue weighted by Crippen LogP contribution is -2.48. The van der Waals surface area contributed by atoms with E-state index < -0.39 is 0 Å². The lowest BCUT2D eigenvalue weighted by Gasteiger charge is -2.38. The summed E-state index contributed by atoms with van der Waals surface area (Å²) < 4.78 is 1.94. The van der Waals surface area contributed by atoms with Crippen LogP contribution in [0, 0.1) is 12.8 Å². The van der Waals surface area contributed by atoms with Crippen LogP contribution < -0.4 is 4.90 Å². The molecule has 2 aromatic heterocycles. The molecule has 6 nitrogen and oxygen atoms in total. The summed E-state index contributed by atoms with van der Waals surface area (Å²) in [6.45, 7) is 10.3. The summed E-state index contributed by atoms with van der Waals surface area (Å²) in [5.41, 5.74) is 3.42. The number of imidazole rings is 1. The van der Waals surface area contributed by atoms with Gasteiger partial charge in [-0.25, -0.2) is 9.50 Å². The molecular formula is C22H30N6S. The minimum atomic E-state index is 0.876. The number of hydrogen-bond donors (Lipinski definition) is 0. The molecule has 2 aliphatic rings. The van der Waals surface area contributed by atoms with E-state index in [1.165, 1.54) is 38.0 Å². The summed E-state index contributed by atoms with van der Waals surface area (Å²) in [7, 11) is 2.24. The predicted octanol–water partition coefficient (Wildman–Crippen LogP) is 3.23. The Labute approximate surface area is 176 Å². The maximum Gasteiger partial charge on any atom is 0.214 e. The fraction of sp³-hybridized carbons (Fsp3) is 0.545. The van der Waals surface area contributed by atoms with Gasteiger partial charge in [0.05, 0.1) is 11.9 Å². The van der Waals surface area contributed by atoms with Gasteiger partial charge in [0.1, 0.15) is 0 Å². The Morgan fingerprint density at radius 3 is 2.41 bits per heavy atom. The normalized spacial score (nSPS) is 20.0. The van der Waals surface area contributed by atoms with Crippen molar-refractivity contribution in [3.63, 3.8) is 0 Å². The van der Waals surface area contributed by atoms with Crippen molar-refractivity contribution in [2.45, 2.75) is 19.8 Å². The van der Waals surface area contributed by atoms with Crippen molar-refractivity contribution >= 4 is 21.4 Å². The summed E-state index contributed by atoms with van der Waals surface area (Å²) in [4.78, 5) is 13.3. The zero-order valence-electron chi connectivity index (χ0n) is 17.4. The highest BCUT2D eigenvalue weighted by Gasteiger charge is 2.24. The van der Waals surface area contributed by atoms with Crippen LogP contribution in [0.2, 0.25) is 0 Å². The Kier molecular flexibility index (Phi) is 5.28. The minimum absolute atomic E-state index is 0.876. The lowest BCUT2D eigenvalue weighted by atomic mass is 9.96. The van der Waals surface area contributed by atoms with E-state index in [-0.39, 0.29) is 0 Å². The predicted molar refractivity (Wildman–Crippen MR) is 120 cm³/mol. The van der Waals surface area contributed by atoms with Crippen molar-refractivity contribution in [1.29, 1.82) is 0 Å². The van der Waals surface area contributed by atoms with E-state index in [9.17, 15) is 0 Å². The fourth-order valence-corrected chi connectivity index (χ4v) is 5.35. The van der Waals surface area contributed by atoms with E-state index in [2.05, 4.69) is 59.1 Å². The molecule has 7 heteroatoms. The van der Waals surface area contributed by atoms with Gasteiger partial charge in [0.25, 0.3) is 0 Å². The van der Waals surface area contributed by atoms with E-state index in [4.69, 9.17) is 10.1 Å². The molecule has 0 radical (unpaired) electrons. The number of hydrogen-bond acceptors (Lipinski definition) is 6. The van der Waals surface area contributed by atoms with Crippen LogP contribution >= 0.6 is 11.3 Å². The second kappa shape index (κ2) is 8.05. The van der Waals surface area contributed by atoms with Gasteiger partial charge >= 0.3 is 0 Å². The van der Waals surface area contributed by atoms with Crippen LogP contribution in [0.5, 0.6) is 0 Å². The molecule has 4 heterocycles. The topological polar surface area (TPSA) is 39.9 Å². The van der Waals surface area contributed by atoms with Gasteiger partial charge in [-0.15, -0.1) is 5.10 Å². The van der Waals surface area contributed by atoms with Gasteiger partial charge in [0.15, 0.2) is 0 Å². The van der Waals surface area contributed by atoms with Crippen LogP contribution in [0.3, 0.4) is 0 Å². The third kappa shape index (κ3) is 4.17. The van der Waals surface area contributed by atoms with Crippen LogP contribution in [-0.2, 0) is 0 Å². The maximum atomic E-state index is 4.82. The van der Waals surface area contributed by atoms with Crippen molar-refractivity contribution < 1.29 is 0 Å². The van der Waals surface area contributed by atoms with Gasteiger partial charge in [-0.05, 0) is 45.8 Å². The molecule has 0 aliphatic carbocycles. The van der Waals surface area contributed by atoms with Crippen LogP contribution in [0.25, 0.3) is 16.2 Å².